The first-order chi connectivity index (χ1) is 11.9. The monoisotopic (exact) mass is 349 g/mol. The molecule has 25 heavy (non-hydrogen) atoms. The first-order valence-corrected chi connectivity index (χ1v) is 7.48. The highest BCUT2D eigenvalue weighted by Gasteiger charge is 2.22. The summed E-state index contributed by atoms with van der Waals surface area (Å²) < 4.78 is 32.2. The zero-order valence-electron chi connectivity index (χ0n) is 13.5. The Labute approximate surface area is 143 Å². The predicted octanol–water partition coefficient (Wildman–Crippen LogP) is 2.33. The molecule has 132 valence electrons. The smallest absolute Gasteiger partial charge is 0.326 e. The van der Waals surface area contributed by atoms with Crippen molar-refractivity contribution in [1.29, 1.82) is 0 Å². The van der Waals surface area contributed by atoms with Crippen LogP contribution in [0, 0.1) is 11.6 Å². The highest BCUT2D eigenvalue weighted by atomic mass is 19.1. The lowest BCUT2D eigenvalue weighted by Gasteiger charge is -2.15. The van der Waals surface area contributed by atoms with E-state index < -0.39 is 41.5 Å². The van der Waals surface area contributed by atoms with E-state index >= 15 is 0 Å². The van der Waals surface area contributed by atoms with E-state index in [-0.39, 0.29) is 6.42 Å². The molecule has 0 aliphatic rings. The standard InChI is InChI=1S/C18H17F2NO4/c1-25-12-5-2-4-11(8-12)9-16(18(23)24)21-17(22)10-13-14(19)6-3-7-15(13)20/h2-8,16H,9-10H2,1H3,(H,21,22)(H,23,24)/t16-/m0/s1. The fraction of sp³-hybridized carbons (Fsp3) is 0.222. The summed E-state index contributed by atoms with van der Waals surface area (Å²) in [6.45, 7) is 0. The van der Waals surface area contributed by atoms with Crippen LogP contribution in [0.25, 0.3) is 0 Å². The first-order valence-electron chi connectivity index (χ1n) is 7.48. The fourth-order valence-electron chi connectivity index (χ4n) is 2.34. The zero-order chi connectivity index (χ0) is 18.4. The molecule has 0 aromatic heterocycles. The Morgan fingerprint density at radius 1 is 1.16 bits per heavy atom. The Balaban J connectivity index is 2.08. The summed E-state index contributed by atoms with van der Waals surface area (Å²) in [4.78, 5) is 23.4. The van der Waals surface area contributed by atoms with Gasteiger partial charge in [0, 0.05) is 12.0 Å². The predicted molar refractivity (Wildman–Crippen MR) is 86.3 cm³/mol. The minimum atomic E-state index is -1.25. The molecule has 0 spiro atoms. The van der Waals surface area contributed by atoms with Gasteiger partial charge in [-0.3, -0.25) is 4.79 Å². The molecule has 0 saturated carbocycles. The van der Waals surface area contributed by atoms with Crippen LogP contribution in [0.2, 0.25) is 0 Å². The molecule has 2 aromatic carbocycles. The van der Waals surface area contributed by atoms with Gasteiger partial charge in [0.1, 0.15) is 23.4 Å². The van der Waals surface area contributed by atoms with Gasteiger partial charge >= 0.3 is 5.97 Å². The number of rotatable bonds is 7. The first kappa shape index (κ1) is 18.4. The topological polar surface area (TPSA) is 75.6 Å². The molecule has 0 aliphatic heterocycles. The van der Waals surface area contributed by atoms with E-state index in [1.165, 1.54) is 13.2 Å². The van der Waals surface area contributed by atoms with Crippen LogP contribution in [0.5, 0.6) is 5.75 Å². The van der Waals surface area contributed by atoms with Crippen molar-refractivity contribution in [2.24, 2.45) is 0 Å². The number of aliphatic carboxylic acids is 1. The number of carboxylic acids is 1. The van der Waals surface area contributed by atoms with Gasteiger partial charge in [-0.05, 0) is 29.8 Å². The number of hydrogen-bond donors (Lipinski definition) is 2. The van der Waals surface area contributed by atoms with Crippen LogP contribution in [-0.2, 0) is 22.4 Å². The summed E-state index contributed by atoms with van der Waals surface area (Å²) in [6.07, 6.45) is -0.571. The average Bonchev–Trinajstić information content (AvgIpc) is 2.58. The minimum absolute atomic E-state index is 0.0119. The molecule has 0 heterocycles. The van der Waals surface area contributed by atoms with Crippen molar-refractivity contribution in [1.82, 2.24) is 5.32 Å². The van der Waals surface area contributed by atoms with E-state index in [9.17, 15) is 23.5 Å². The SMILES string of the molecule is COc1cccc(C[C@H](NC(=O)Cc2c(F)cccc2F)C(=O)O)c1. The van der Waals surface area contributed by atoms with Crippen molar-refractivity contribution >= 4 is 11.9 Å². The van der Waals surface area contributed by atoms with E-state index in [4.69, 9.17) is 4.74 Å². The lowest BCUT2D eigenvalue weighted by atomic mass is 10.0. The average molecular weight is 349 g/mol. The Bertz CT molecular complexity index is 759. The maximum absolute atomic E-state index is 13.6. The molecule has 0 aliphatic carbocycles. The second kappa shape index (κ2) is 8.23. The van der Waals surface area contributed by atoms with Gasteiger partial charge in [-0.15, -0.1) is 0 Å². The number of hydrogen-bond acceptors (Lipinski definition) is 3. The summed E-state index contributed by atoms with van der Waals surface area (Å²) in [5.74, 6) is -3.17. The van der Waals surface area contributed by atoms with Gasteiger partial charge in [0.25, 0.3) is 0 Å². The van der Waals surface area contributed by atoms with Crippen molar-refractivity contribution in [2.75, 3.05) is 7.11 Å². The van der Waals surface area contributed by atoms with E-state index in [0.717, 1.165) is 12.1 Å². The number of methoxy groups -OCH3 is 1. The van der Waals surface area contributed by atoms with Crippen molar-refractivity contribution in [3.63, 3.8) is 0 Å². The lowest BCUT2D eigenvalue weighted by molar-refractivity contribution is -0.141. The molecule has 0 saturated heterocycles. The van der Waals surface area contributed by atoms with Gasteiger partial charge in [-0.25, -0.2) is 13.6 Å². The maximum atomic E-state index is 13.6. The van der Waals surface area contributed by atoms with Crippen molar-refractivity contribution < 1.29 is 28.2 Å². The van der Waals surface area contributed by atoms with Crippen LogP contribution in [0.4, 0.5) is 8.78 Å². The van der Waals surface area contributed by atoms with Crippen LogP contribution in [-0.4, -0.2) is 30.1 Å². The Morgan fingerprint density at radius 3 is 2.40 bits per heavy atom. The lowest BCUT2D eigenvalue weighted by Crippen LogP contribution is -2.43. The van der Waals surface area contributed by atoms with Gasteiger partial charge in [0.05, 0.1) is 13.5 Å². The molecule has 2 N–H and O–H groups in total. The Kier molecular flexibility index (Phi) is 6.05. The molecule has 1 amide bonds. The third kappa shape index (κ3) is 5.00. The van der Waals surface area contributed by atoms with Crippen LogP contribution >= 0.6 is 0 Å². The molecule has 5 nitrogen and oxygen atoms in total. The number of carbonyl (C=O) groups excluding carboxylic acids is 1. The fourth-order valence-corrected chi connectivity index (χ4v) is 2.34. The van der Waals surface area contributed by atoms with E-state index in [0.29, 0.717) is 11.3 Å². The Hall–Kier alpha value is -2.96. The molecule has 0 fully saturated rings. The Morgan fingerprint density at radius 2 is 1.80 bits per heavy atom. The summed E-state index contributed by atoms with van der Waals surface area (Å²) in [6, 6.07) is 8.79. The molecule has 0 bridgehead atoms. The van der Waals surface area contributed by atoms with Crippen molar-refractivity contribution in [2.45, 2.75) is 18.9 Å². The summed E-state index contributed by atoms with van der Waals surface area (Å²) in [7, 11) is 1.48. The molecular weight excluding hydrogens is 332 g/mol. The van der Waals surface area contributed by atoms with Gasteiger partial charge in [-0.1, -0.05) is 18.2 Å². The van der Waals surface area contributed by atoms with Crippen LogP contribution < -0.4 is 10.1 Å². The number of carboxylic acid groups (broad SMARTS) is 1. The normalized spacial score (nSPS) is 11.6. The molecule has 0 radical (unpaired) electrons. The number of ether oxygens (including phenoxy) is 1. The number of amides is 1. The molecule has 2 rings (SSSR count). The third-order valence-electron chi connectivity index (χ3n) is 3.61. The highest BCUT2D eigenvalue weighted by molar-refractivity contribution is 5.85. The number of carbonyl (C=O) groups is 2. The van der Waals surface area contributed by atoms with Gasteiger partial charge in [-0.2, -0.15) is 0 Å². The second-order valence-corrected chi connectivity index (χ2v) is 5.39. The number of benzene rings is 2. The van der Waals surface area contributed by atoms with Gasteiger partial charge in [0.15, 0.2) is 0 Å². The van der Waals surface area contributed by atoms with E-state index in [1.807, 2.05) is 0 Å². The maximum Gasteiger partial charge on any atom is 0.326 e. The van der Waals surface area contributed by atoms with Crippen molar-refractivity contribution in [3.8, 4) is 5.75 Å². The molecule has 2 aromatic rings. The van der Waals surface area contributed by atoms with Gasteiger partial charge in [0.2, 0.25) is 5.91 Å². The summed E-state index contributed by atoms with van der Waals surface area (Å²) in [5.41, 5.74) is 0.245. The molecule has 0 unspecified atom stereocenters. The van der Waals surface area contributed by atoms with E-state index in [2.05, 4.69) is 5.32 Å². The third-order valence-corrected chi connectivity index (χ3v) is 3.61. The number of nitrogens with one attached hydrogen (secondary N) is 1. The number of halogens is 2. The summed E-state index contributed by atoms with van der Waals surface area (Å²) >= 11 is 0. The zero-order valence-corrected chi connectivity index (χ0v) is 13.5. The van der Waals surface area contributed by atoms with Crippen LogP contribution in [0.3, 0.4) is 0 Å². The highest BCUT2D eigenvalue weighted by Crippen LogP contribution is 2.15. The molecule has 7 heteroatoms. The quantitative estimate of drug-likeness (QED) is 0.804. The van der Waals surface area contributed by atoms with Crippen molar-refractivity contribution in [3.05, 3.63) is 65.2 Å². The van der Waals surface area contributed by atoms with Crippen LogP contribution in [0.1, 0.15) is 11.1 Å². The van der Waals surface area contributed by atoms with Gasteiger partial charge < -0.3 is 15.2 Å². The second-order valence-electron chi connectivity index (χ2n) is 5.39. The van der Waals surface area contributed by atoms with Crippen LogP contribution in [0.15, 0.2) is 42.5 Å². The summed E-state index contributed by atoms with van der Waals surface area (Å²) in [5, 5.41) is 11.6. The molecule has 1 atom stereocenters. The largest absolute Gasteiger partial charge is 0.497 e. The van der Waals surface area contributed by atoms with E-state index in [1.54, 1.807) is 24.3 Å². The molecular formula is C18H17F2NO4. The minimum Gasteiger partial charge on any atom is -0.497 e.